The summed E-state index contributed by atoms with van der Waals surface area (Å²) in [5, 5.41) is 10.9. The number of nitro groups is 1. The van der Waals surface area contributed by atoms with Crippen molar-refractivity contribution in [2.45, 2.75) is 64.0 Å². The van der Waals surface area contributed by atoms with E-state index in [0.29, 0.717) is 17.6 Å². The molecular formula is C18H24N2O3. The van der Waals surface area contributed by atoms with Crippen LogP contribution in [0.15, 0.2) is 24.3 Å². The molecule has 1 aromatic rings. The molecule has 1 amide bonds. The maximum absolute atomic E-state index is 13.0. The summed E-state index contributed by atoms with van der Waals surface area (Å²) in [6, 6.07) is 6.79. The Kier molecular flexibility index (Phi) is 4.64. The van der Waals surface area contributed by atoms with Gasteiger partial charge in [-0.1, -0.05) is 19.4 Å². The van der Waals surface area contributed by atoms with Crippen molar-refractivity contribution in [2.75, 3.05) is 0 Å². The fourth-order valence-electron chi connectivity index (χ4n) is 3.72. The molecule has 0 aromatic heterocycles. The van der Waals surface area contributed by atoms with E-state index in [1.807, 2.05) is 4.90 Å². The zero-order chi connectivity index (χ0) is 16.4. The molecule has 2 aliphatic carbocycles. The highest BCUT2D eigenvalue weighted by Crippen LogP contribution is 2.37. The molecule has 3 rings (SSSR count). The predicted molar refractivity (Wildman–Crippen MR) is 88.3 cm³/mol. The molecule has 2 saturated carbocycles. The summed E-state index contributed by atoms with van der Waals surface area (Å²) in [7, 11) is 0. The van der Waals surface area contributed by atoms with Crippen LogP contribution in [0, 0.1) is 16.0 Å². The number of rotatable bonds is 5. The summed E-state index contributed by atoms with van der Waals surface area (Å²) in [5.41, 5.74) is 0.435. The van der Waals surface area contributed by atoms with Crippen LogP contribution >= 0.6 is 0 Å². The molecule has 124 valence electrons. The number of hydrogen-bond donors (Lipinski definition) is 0. The van der Waals surface area contributed by atoms with Crippen LogP contribution in [-0.2, 0) is 0 Å². The molecule has 2 aliphatic rings. The molecule has 0 radical (unpaired) electrons. The molecule has 0 heterocycles. The first kappa shape index (κ1) is 16.0. The maximum atomic E-state index is 13.0. The molecule has 23 heavy (non-hydrogen) atoms. The van der Waals surface area contributed by atoms with Crippen molar-refractivity contribution in [3.8, 4) is 0 Å². The minimum absolute atomic E-state index is 0.0127. The zero-order valence-corrected chi connectivity index (χ0v) is 13.6. The maximum Gasteiger partial charge on any atom is 0.270 e. The number of carbonyl (C=O) groups excluding carboxylic acids is 1. The topological polar surface area (TPSA) is 63.5 Å². The minimum Gasteiger partial charge on any atom is -0.333 e. The number of non-ortho nitro benzene ring substituents is 1. The second kappa shape index (κ2) is 6.69. The molecule has 0 aliphatic heterocycles. The Morgan fingerprint density at radius 2 is 1.78 bits per heavy atom. The standard InChI is InChI=1S/C18H24N2O3/c1-2-13-6-8-15(9-7-13)19(16-10-11-16)18(21)14-4-3-5-17(12-14)20(22)23/h3-5,12-13,15-16H,2,6-11H2,1H3. The van der Waals surface area contributed by atoms with Gasteiger partial charge in [0.05, 0.1) is 4.92 Å². The SMILES string of the molecule is CCC1CCC(N(C(=O)c2cccc([N+](=O)[O-])c2)C2CC2)CC1. The van der Waals surface area contributed by atoms with Crippen LogP contribution in [-0.4, -0.2) is 27.8 Å². The summed E-state index contributed by atoms with van der Waals surface area (Å²) in [5.74, 6) is 0.761. The quantitative estimate of drug-likeness (QED) is 0.605. The highest BCUT2D eigenvalue weighted by atomic mass is 16.6. The summed E-state index contributed by atoms with van der Waals surface area (Å²) in [6.07, 6.45) is 7.85. The number of nitro benzene ring substituents is 1. The second-order valence-electron chi connectivity index (χ2n) is 6.83. The van der Waals surface area contributed by atoms with E-state index in [-0.39, 0.29) is 11.6 Å². The number of hydrogen-bond acceptors (Lipinski definition) is 3. The lowest BCUT2D eigenvalue weighted by Gasteiger charge is -2.37. The monoisotopic (exact) mass is 316 g/mol. The van der Waals surface area contributed by atoms with Gasteiger partial charge in [0.1, 0.15) is 0 Å². The predicted octanol–water partition coefficient (Wildman–Crippen LogP) is 4.17. The van der Waals surface area contributed by atoms with Crippen molar-refractivity contribution in [1.82, 2.24) is 4.90 Å². The summed E-state index contributed by atoms with van der Waals surface area (Å²) in [4.78, 5) is 25.5. The van der Waals surface area contributed by atoms with Crippen LogP contribution in [0.3, 0.4) is 0 Å². The van der Waals surface area contributed by atoms with Gasteiger partial charge in [-0.05, 0) is 50.5 Å². The van der Waals surface area contributed by atoms with Crippen LogP contribution in [0.1, 0.15) is 62.2 Å². The van der Waals surface area contributed by atoms with Gasteiger partial charge in [-0.3, -0.25) is 14.9 Å². The fourth-order valence-corrected chi connectivity index (χ4v) is 3.72. The number of amides is 1. The number of nitrogens with zero attached hydrogens (tertiary/aromatic N) is 2. The van der Waals surface area contributed by atoms with Gasteiger partial charge in [-0.15, -0.1) is 0 Å². The van der Waals surface area contributed by atoms with E-state index in [4.69, 9.17) is 0 Å². The van der Waals surface area contributed by atoms with Crippen LogP contribution in [0.4, 0.5) is 5.69 Å². The molecule has 1 aromatic carbocycles. The Labute approximate surface area is 136 Å². The summed E-state index contributed by atoms with van der Waals surface area (Å²) < 4.78 is 0. The van der Waals surface area contributed by atoms with E-state index in [1.165, 1.54) is 31.4 Å². The minimum atomic E-state index is -0.440. The van der Waals surface area contributed by atoms with E-state index in [9.17, 15) is 14.9 Å². The third kappa shape index (κ3) is 3.54. The lowest BCUT2D eigenvalue weighted by Crippen LogP contribution is -2.43. The van der Waals surface area contributed by atoms with Gasteiger partial charge < -0.3 is 4.90 Å². The van der Waals surface area contributed by atoms with Crippen molar-refractivity contribution < 1.29 is 9.72 Å². The van der Waals surface area contributed by atoms with Gasteiger partial charge in [-0.25, -0.2) is 0 Å². The second-order valence-corrected chi connectivity index (χ2v) is 6.83. The lowest BCUT2D eigenvalue weighted by molar-refractivity contribution is -0.384. The average molecular weight is 316 g/mol. The Morgan fingerprint density at radius 3 is 2.30 bits per heavy atom. The lowest BCUT2D eigenvalue weighted by atomic mass is 9.83. The highest BCUT2D eigenvalue weighted by Gasteiger charge is 2.39. The third-order valence-corrected chi connectivity index (χ3v) is 5.27. The first-order valence-corrected chi connectivity index (χ1v) is 8.67. The van der Waals surface area contributed by atoms with Crippen LogP contribution in [0.2, 0.25) is 0 Å². The average Bonchev–Trinajstić information content (AvgIpc) is 3.40. The molecule has 0 atom stereocenters. The van der Waals surface area contributed by atoms with Gasteiger partial charge >= 0.3 is 0 Å². The molecule has 0 bridgehead atoms. The number of benzene rings is 1. The van der Waals surface area contributed by atoms with E-state index in [1.54, 1.807) is 12.1 Å². The Hall–Kier alpha value is -1.91. The fraction of sp³-hybridized carbons (Fsp3) is 0.611. The first-order valence-electron chi connectivity index (χ1n) is 8.67. The Morgan fingerprint density at radius 1 is 1.17 bits per heavy atom. The largest absolute Gasteiger partial charge is 0.333 e. The van der Waals surface area contributed by atoms with Crippen molar-refractivity contribution in [3.63, 3.8) is 0 Å². The highest BCUT2D eigenvalue weighted by molar-refractivity contribution is 5.95. The Bertz CT molecular complexity index is 590. The van der Waals surface area contributed by atoms with Gasteiger partial charge in [0.15, 0.2) is 0 Å². The normalized spacial score (nSPS) is 24.2. The molecule has 0 unspecified atom stereocenters. The van der Waals surface area contributed by atoms with Crippen LogP contribution < -0.4 is 0 Å². The zero-order valence-electron chi connectivity index (χ0n) is 13.6. The molecule has 5 nitrogen and oxygen atoms in total. The third-order valence-electron chi connectivity index (χ3n) is 5.27. The van der Waals surface area contributed by atoms with Gasteiger partial charge in [-0.2, -0.15) is 0 Å². The first-order chi connectivity index (χ1) is 11.1. The summed E-state index contributed by atoms with van der Waals surface area (Å²) >= 11 is 0. The van der Waals surface area contributed by atoms with Crippen molar-refractivity contribution >= 4 is 11.6 Å². The molecule has 0 spiro atoms. The molecule has 0 saturated heterocycles. The summed E-state index contributed by atoms with van der Waals surface area (Å²) in [6.45, 7) is 2.23. The van der Waals surface area contributed by atoms with Crippen LogP contribution in [0.25, 0.3) is 0 Å². The van der Waals surface area contributed by atoms with Gasteiger partial charge in [0.2, 0.25) is 0 Å². The van der Waals surface area contributed by atoms with Gasteiger partial charge in [0.25, 0.3) is 11.6 Å². The Balaban J connectivity index is 1.77. The van der Waals surface area contributed by atoms with E-state index >= 15 is 0 Å². The van der Waals surface area contributed by atoms with E-state index < -0.39 is 4.92 Å². The van der Waals surface area contributed by atoms with Crippen LogP contribution in [0.5, 0.6) is 0 Å². The molecular weight excluding hydrogens is 292 g/mol. The van der Waals surface area contributed by atoms with E-state index in [0.717, 1.165) is 31.6 Å². The van der Waals surface area contributed by atoms with Gasteiger partial charge in [0, 0.05) is 29.8 Å². The number of carbonyl (C=O) groups is 1. The molecule has 0 N–H and O–H groups in total. The molecule has 5 heteroatoms. The smallest absolute Gasteiger partial charge is 0.270 e. The van der Waals surface area contributed by atoms with Crippen molar-refractivity contribution in [1.29, 1.82) is 0 Å². The van der Waals surface area contributed by atoms with Crippen molar-refractivity contribution in [2.24, 2.45) is 5.92 Å². The van der Waals surface area contributed by atoms with E-state index in [2.05, 4.69) is 6.92 Å². The molecule has 2 fully saturated rings. The van der Waals surface area contributed by atoms with Crippen molar-refractivity contribution in [3.05, 3.63) is 39.9 Å².